The molecule has 0 aliphatic heterocycles. The molecule has 8 heteroatoms. The highest BCUT2D eigenvalue weighted by Gasteiger charge is 2.10. The number of nitrogen functional groups attached to an aromatic ring is 1. The Kier molecular flexibility index (Phi) is 2.88. The highest BCUT2D eigenvalue weighted by Crippen LogP contribution is 2.27. The van der Waals surface area contributed by atoms with Crippen LogP contribution in [0.1, 0.15) is 11.4 Å². The van der Waals surface area contributed by atoms with E-state index in [9.17, 15) is 0 Å². The monoisotopic (exact) mass is 279 g/mol. The summed E-state index contributed by atoms with van der Waals surface area (Å²) in [4.78, 5) is 9.60. The number of nitrogens with zero attached hydrogens (tertiary/aromatic N) is 4. The maximum atomic E-state index is 5.88. The van der Waals surface area contributed by atoms with E-state index in [-0.39, 0.29) is 0 Å². The summed E-state index contributed by atoms with van der Waals surface area (Å²) in [5.41, 5.74) is 7.46. The molecule has 0 saturated carbocycles. The molecule has 3 rings (SSSR count). The fourth-order valence-electron chi connectivity index (χ4n) is 1.44. The molecule has 0 bridgehead atoms. The number of thiophene rings is 1. The van der Waals surface area contributed by atoms with Crippen LogP contribution in [-0.4, -0.2) is 20.3 Å². The number of hydrogen-bond acceptors (Lipinski definition) is 8. The van der Waals surface area contributed by atoms with E-state index in [0.29, 0.717) is 16.7 Å². The Balaban J connectivity index is 1.84. The fraction of sp³-hybridized carbons (Fsp3) is 0.200. The first kappa shape index (κ1) is 11.4. The van der Waals surface area contributed by atoms with Gasteiger partial charge in [0.15, 0.2) is 5.16 Å². The van der Waals surface area contributed by atoms with Crippen LogP contribution in [0.3, 0.4) is 0 Å². The van der Waals surface area contributed by atoms with Gasteiger partial charge in [-0.1, -0.05) is 22.1 Å². The highest BCUT2D eigenvalue weighted by atomic mass is 32.2. The average molecular weight is 279 g/mol. The lowest BCUT2D eigenvalue weighted by molar-refractivity contribution is 0.302. The third-order valence-corrected chi connectivity index (χ3v) is 4.08. The van der Waals surface area contributed by atoms with Crippen LogP contribution >= 0.6 is 23.1 Å². The van der Waals surface area contributed by atoms with Crippen molar-refractivity contribution in [1.82, 2.24) is 20.3 Å². The lowest BCUT2D eigenvalue weighted by atomic mass is 10.4. The summed E-state index contributed by atoms with van der Waals surface area (Å²) in [6, 6.07) is 1.93. The predicted molar refractivity (Wildman–Crippen MR) is 70.4 cm³/mol. The Morgan fingerprint density at radius 2 is 2.28 bits per heavy atom. The first-order valence-electron chi connectivity index (χ1n) is 5.15. The van der Waals surface area contributed by atoms with E-state index in [4.69, 9.17) is 5.73 Å². The number of aryl methyl sites for hydroxylation is 1. The molecule has 3 heterocycles. The van der Waals surface area contributed by atoms with E-state index in [0.717, 1.165) is 21.6 Å². The predicted octanol–water partition coefficient (Wildman–Crippen LogP) is 2.26. The molecule has 0 radical (unpaired) electrons. The van der Waals surface area contributed by atoms with E-state index in [2.05, 4.69) is 24.9 Å². The Labute approximate surface area is 111 Å². The van der Waals surface area contributed by atoms with Crippen molar-refractivity contribution >= 4 is 39.1 Å². The standard InChI is InChI=1S/C10H9N5OS2/c1-5-7(15-16-14-5)4-18-10-12-8(11)6-2-3-17-9(6)13-10/h2-3H,4H2,1H3,(H2,11,12,13). The molecule has 0 saturated heterocycles. The minimum Gasteiger partial charge on any atom is -0.383 e. The van der Waals surface area contributed by atoms with Crippen LogP contribution in [0.25, 0.3) is 10.2 Å². The second-order valence-corrected chi connectivity index (χ2v) is 5.45. The summed E-state index contributed by atoms with van der Waals surface area (Å²) in [7, 11) is 0. The number of thioether (sulfide) groups is 1. The van der Waals surface area contributed by atoms with Crippen molar-refractivity contribution in [3.8, 4) is 0 Å². The Bertz CT molecular complexity index is 692. The van der Waals surface area contributed by atoms with Gasteiger partial charge >= 0.3 is 0 Å². The largest absolute Gasteiger partial charge is 0.383 e. The normalized spacial score (nSPS) is 11.2. The molecule has 3 aromatic rings. The molecule has 0 fully saturated rings. The molecule has 3 aromatic heterocycles. The number of anilines is 1. The van der Waals surface area contributed by atoms with Crippen LogP contribution in [0.4, 0.5) is 5.82 Å². The van der Waals surface area contributed by atoms with Gasteiger partial charge < -0.3 is 5.73 Å². The van der Waals surface area contributed by atoms with Gasteiger partial charge in [0.25, 0.3) is 0 Å². The van der Waals surface area contributed by atoms with Crippen molar-refractivity contribution in [2.24, 2.45) is 0 Å². The van der Waals surface area contributed by atoms with Crippen molar-refractivity contribution in [3.63, 3.8) is 0 Å². The molecular formula is C10H9N5OS2. The van der Waals surface area contributed by atoms with Gasteiger partial charge in [0.2, 0.25) is 0 Å². The van der Waals surface area contributed by atoms with Crippen molar-refractivity contribution in [2.75, 3.05) is 5.73 Å². The first-order valence-corrected chi connectivity index (χ1v) is 7.02. The van der Waals surface area contributed by atoms with Crippen molar-refractivity contribution in [3.05, 3.63) is 22.8 Å². The quantitative estimate of drug-likeness (QED) is 0.580. The smallest absolute Gasteiger partial charge is 0.191 e. The van der Waals surface area contributed by atoms with Crippen LogP contribution in [0.2, 0.25) is 0 Å². The summed E-state index contributed by atoms with van der Waals surface area (Å²) in [5, 5.41) is 11.0. The van der Waals surface area contributed by atoms with Gasteiger partial charge in [-0.05, 0) is 18.4 Å². The van der Waals surface area contributed by atoms with E-state index in [1.54, 1.807) is 11.3 Å². The lowest BCUT2D eigenvalue weighted by Gasteiger charge is -2.00. The molecule has 0 aliphatic rings. The van der Waals surface area contributed by atoms with Crippen LogP contribution in [0, 0.1) is 6.92 Å². The van der Waals surface area contributed by atoms with E-state index < -0.39 is 0 Å². The summed E-state index contributed by atoms with van der Waals surface area (Å²) >= 11 is 3.02. The van der Waals surface area contributed by atoms with Crippen LogP contribution in [0.5, 0.6) is 0 Å². The van der Waals surface area contributed by atoms with Gasteiger partial charge in [-0.15, -0.1) is 11.3 Å². The summed E-state index contributed by atoms with van der Waals surface area (Å²) < 4.78 is 4.64. The molecule has 6 nitrogen and oxygen atoms in total. The molecular weight excluding hydrogens is 270 g/mol. The van der Waals surface area contributed by atoms with Crippen molar-refractivity contribution in [1.29, 1.82) is 0 Å². The summed E-state index contributed by atoms with van der Waals surface area (Å²) in [5.74, 6) is 1.13. The van der Waals surface area contributed by atoms with Crippen molar-refractivity contribution < 1.29 is 4.63 Å². The molecule has 92 valence electrons. The van der Waals surface area contributed by atoms with Crippen LogP contribution < -0.4 is 5.73 Å². The highest BCUT2D eigenvalue weighted by molar-refractivity contribution is 7.98. The Morgan fingerprint density at radius 1 is 1.39 bits per heavy atom. The molecule has 0 aliphatic carbocycles. The van der Waals surface area contributed by atoms with Crippen LogP contribution in [0.15, 0.2) is 21.2 Å². The number of rotatable bonds is 3. The second-order valence-electron chi connectivity index (χ2n) is 3.62. The third kappa shape index (κ3) is 2.04. The van der Waals surface area contributed by atoms with E-state index in [1.165, 1.54) is 11.8 Å². The Morgan fingerprint density at radius 3 is 3.06 bits per heavy atom. The molecule has 0 atom stereocenters. The number of hydrogen-bond donors (Lipinski definition) is 1. The Hall–Kier alpha value is -1.67. The maximum Gasteiger partial charge on any atom is 0.191 e. The zero-order chi connectivity index (χ0) is 12.5. The molecule has 0 unspecified atom stereocenters. The lowest BCUT2D eigenvalue weighted by Crippen LogP contribution is -1.95. The van der Waals surface area contributed by atoms with Crippen LogP contribution in [-0.2, 0) is 5.75 Å². The average Bonchev–Trinajstić information content (AvgIpc) is 2.95. The number of fused-ring (bicyclic) bond motifs is 1. The zero-order valence-corrected chi connectivity index (χ0v) is 11.1. The molecule has 0 spiro atoms. The number of nitrogens with two attached hydrogens (primary N) is 1. The van der Waals surface area contributed by atoms with E-state index >= 15 is 0 Å². The van der Waals surface area contributed by atoms with Gasteiger partial charge in [0.05, 0.1) is 5.39 Å². The third-order valence-electron chi connectivity index (χ3n) is 2.42. The summed E-state index contributed by atoms with van der Waals surface area (Å²) in [6.07, 6.45) is 0. The fourth-order valence-corrected chi connectivity index (χ4v) is 3.11. The van der Waals surface area contributed by atoms with E-state index in [1.807, 2.05) is 18.4 Å². The molecule has 2 N–H and O–H groups in total. The van der Waals surface area contributed by atoms with Gasteiger partial charge in [0, 0.05) is 5.75 Å². The minimum atomic E-state index is 0.513. The maximum absolute atomic E-state index is 5.88. The van der Waals surface area contributed by atoms with Crippen molar-refractivity contribution in [2.45, 2.75) is 17.8 Å². The summed E-state index contributed by atoms with van der Waals surface area (Å²) in [6.45, 7) is 1.85. The van der Waals surface area contributed by atoms with Gasteiger partial charge in [0.1, 0.15) is 22.0 Å². The molecule has 0 amide bonds. The minimum absolute atomic E-state index is 0.513. The number of aromatic nitrogens is 4. The molecule has 0 aromatic carbocycles. The molecule has 18 heavy (non-hydrogen) atoms. The second kappa shape index (κ2) is 4.54. The van der Waals surface area contributed by atoms with Gasteiger partial charge in [-0.3, -0.25) is 0 Å². The topological polar surface area (TPSA) is 90.7 Å². The first-order chi connectivity index (χ1) is 8.74. The van der Waals surface area contributed by atoms with Gasteiger partial charge in [-0.2, -0.15) is 0 Å². The zero-order valence-electron chi connectivity index (χ0n) is 9.45. The SMILES string of the molecule is Cc1nonc1CSc1nc(N)c2ccsc2n1. The van der Waals surface area contributed by atoms with Gasteiger partial charge in [-0.25, -0.2) is 14.6 Å².